The Morgan fingerprint density at radius 2 is 0.889 bits per heavy atom. The van der Waals surface area contributed by atoms with Crippen LogP contribution in [0, 0.1) is 0 Å². The minimum absolute atomic E-state index is 0.622. The minimum atomic E-state index is 0.622. The van der Waals surface area contributed by atoms with E-state index in [1.54, 1.807) is 0 Å². The van der Waals surface area contributed by atoms with Gasteiger partial charge >= 0.3 is 0 Å². The van der Waals surface area contributed by atoms with Gasteiger partial charge < -0.3 is 0 Å². The second-order valence-electron chi connectivity index (χ2n) is 11.9. The summed E-state index contributed by atoms with van der Waals surface area (Å²) in [6, 6.07) is 0.622. The summed E-state index contributed by atoms with van der Waals surface area (Å²) < 4.78 is 2.61. The van der Waals surface area contributed by atoms with Gasteiger partial charge in [0.05, 0.1) is 12.0 Å². The molecule has 2 atom stereocenters. The van der Waals surface area contributed by atoms with Crippen molar-refractivity contribution in [2.45, 2.75) is 200 Å². The zero-order valence-corrected chi connectivity index (χ0v) is 25.4. The van der Waals surface area contributed by atoms with Gasteiger partial charge in [0, 0.05) is 0 Å². The molecule has 1 heterocycles. The standard InChI is InChI=1S/C34H66N2/c1-5-8-11-14-16-17-18-19-20-23-26-29-33(28-25-22-15-12-9-6-2)34-35-30-31-36(34)32(4)27-24-21-13-10-7-3/h30-33H,5-29H2,1-4H3/p+1. The lowest BCUT2D eigenvalue weighted by Crippen LogP contribution is -2.41. The average Bonchev–Trinajstić information content (AvgIpc) is 3.38. The summed E-state index contributed by atoms with van der Waals surface area (Å²) in [6.07, 6.45) is 39.8. The zero-order valence-electron chi connectivity index (χ0n) is 25.4. The second kappa shape index (κ2) is 24.5. The Bertz CT molecular complexity index is 563. The number of hydrogen-bond acceptors (Lipinski definition) is 0. The first-order chi connectivity index (χ1) is 17.7. The lowest BCUT2D eigenvalue weighted by atomic mass is 9.92. The van der Waals surface area contributed by atoms with Crippen LogP contribution in [0.1, 0.15) is 206 Å². The van der Waals surface area contributed by atoms with E-state index in [4.69, 9.17) is 0 Å². The predicted octanol–water partition coefficient (Wildman–Crippen LogP) is 11.8. The first kappa shape index (κ1) is 33.2. The minimum Gasteiger partial charge on any atom is -0.247 e. The molecule has 0 saturated carbocycles. The molecule has 0 aromatic carbocycles. The zero-order chi connectivity index (χ0) is 26.1. The van der Waals surface area contributed by atoms with Gasteiger partial charge in [0.2, 0.25) is 0 Å². The van der Waals surface area contributed by atoms with E-state index in [0.717, 1.165) is 0 Å². The van der Waals surface area contributed by atoms with E-state index in [1.165, 1.54) is 166 Å². The van der Waals surface area contributed by atoms with Crippen molar-refractivity contribution in [1.82, 2.24) is 4.98 Å². The van der Waals surface area contributed by atoms with Crippen molar-refractivity contribution in [3.05, 3.63) is 18.2 Å². The summed E-state index contributed by atoms with van der Waals surface area (Å²) in [5, 5.41) is 0. The van der Waals surface area contributed by atoms with Crippen molar-refractivity contribution in [3.8, 4) is 0 Å². The van der Waals surface area contributed by atoms with Gasteiger partial charge in [0.25, 0.3) is 5.82 Å². The van der Waals surface area contributed by atoms with E-state index >= 15 is 0 Å². The maximum Gasteiger partial charge on any atom is 0.257 e. The van der Waals surface area contributed by atoms with Crippen molar-refractivity contribution in [2.24, 2.45) is 0 Å². The first-order valence-electron chi connectivity index (χ1n) is 16.8. The van der Waals surface area contributed by atoms with E-state index < -0.39 is 0 Å². The van der Waals surface area contributed by atoms with Crippen LogP contribution in [-0.2, 0) is 0 Å². The molecule has 0 amide bonds. The number of H-pyrrole nitrogens is 1. The molecule has 212 valence electrons. The van der Waals surface area contributed by atoms with Crippen LogP contribution in [-0.4, -0.2) is 4.98 Å². The third kappa shape index (κ3) is 16.9. The third-order valence-electron chi connectivity index (χ3n) is 8.39. The molecule has 0 spiro atoms. The number of aromatic nitrogens is 2. The van der Waals surface area contributed by atoms with E-state index in [0.29, 0.717) is 12.0 Å². The molecule has 1 N–H and O–H groups in total. The molecule has 0 saturated heterocycles. The Kier molecular flexibility index (Phi) is 22.7. The fraction of sp³-hybridized carbons (Fsp3) is 0.912. The maximum absolute atomic E-state index is 3.71. The van der Waals surface area contributed by atoms with Crippen molar-refractivity contribution < 1.29 is 4.57 Å². The first-order valence-corrected chi connectivity index (χ1v) is 16.8. The van der Waals surface area contributed by atoms with Crippen LogP contribution in [0.4, 0.5) is 0 Å². The number of nitrogens with one attached hydrogen (secondary N) is 1. The summed E-state index contributed by atoms with van der Waals surface area (Å²) in [4.78, 5) is 3.71. The van der Waals surface area contributed by atoms with Gasteiger partial charge in [-0.2, -0.15) is 0 Å². The SMILES string of the molecule is CCCCCCCCCCCCCC(CCCCCCCC)c1[nH]cc[n+]1C(C)CCCCCCC. The predicted molar refractivity (Wildman–Crippen MR) is 161 cm³/mol. The monoisotopic (exact) mass is 504 g/mol. The second-order valence-corrected chi connectivity index (χ2v) is 11.9. The largest absolute Gasteiger partial charge is 0.257 e. The summed E-state index contributed by atoms with van der Waals surface area (Å²) in [5.41, 5.74) is 0. The van der Waals surface area contributed by atoms with Gasteiger partial charge in [0.1, 0.15) is 12.4 Å². The molecule has 2 heteroatoms. The molecule has 1 aromatic rings. The lowest BCUT2D eigenvalue weighted by molar-refractivity contribution is -0.727. The number of rotatable bonds is 27. The molecule has 2 unspecified atom stereocenters. The van der Waals surface area contributed by atoms with Crippen LogP contribution in [0.5, 0.6) is 0 Å². The Morgan fingerprint density at radius 3 is 1.31 bits per heavy atom. The van der Waals surface area contributed by atoms with E-state index in [9.17, 15) is 0 Å². The Balaban J connectivity index is 2.44. The van der Waals surface area contributed by atoms with Crippen LogP contribution < -0.4 is 4.57 Å². The van der Waals surface area contributed by atoms with Gasteiger partial charge in [-0.15, -0.1) is 0 Å². The lowest BCUT2D eigenvalue weighted by Gasteiger charge is -2.17. The molecule has 2 nitrogen and oxygen atoms in total. The fourth-order valence-electron chi connectivity index (χ4n) is 5.90. The van der Waals surface area contributed by atoms with Crippen LogP contribution in [0.3, 0.4) is 0 Å². The molecule has 36 heavy (non-hydrogen) atoms. The Morgan fingerprint density at radius 1 is 0.528 bits per heavy atom. The molecule has 0 aliphatic carbocycles. The molecule has 1 aromatic heterocycles. The molecular formula is C34H67N2+. The molecule has 0 bridgehead atoms. The highest BCUT2D eigenvalue weighted by Crippen LogP contribution is 2.27. The van der Waals surface area contributed by atoms with E-state index in [-0.39, 0.29) is 0 Å². The quantitative estimate of drug-likeness (QED) is 0.0909. The van der Waals surface area contributed by atoms with Crippen molar-refractivity contribution >= 4 is 0 Å². The highest BCUT2D eigenvalue weighted by atomic mass is 15.1. The third-order valence-corrected chi connectivity index (χ3v) is 8.39. The normalized spacial score (nSPS) is 13.3. The van der Waals surface area contributed by atoms with Crippen LogP contribution >= 0.6 is 0 Å². The van der Waals surface area contributed by atoms with Crippen molar-refractivity contribution in [1.29, 1.82) is 0 Å². The van der Waals surface area contributed by atoms with Crippen LogP contribution in [0.2, 0.25) is 0 Å². The molecule has 0 radical (unpaired) electrons. The van der Waals surface area contributed by atoms with Gasteiger partial charge in [0.15, 0.2) is 0 Å². The van der Waals surface area contributed by atoms with Gasteiger partial charge in [-0.05, 0) is 32.6 Å². The number of imidazole rings is 1. The molecule has 0 fully saturated rings. The van der Waals surface area contributed by atoms with Crippen LogP contribution in [0.25, 0.3) is 0 Å². The Labute approximate surface area is 227 Å². The van der Waals surface area contributed by atoms with Gasteiger partial charge in [-0.1, -0.05) is 156 Å². The smallest absolute Gasteiger partial charge is 0.247 e. The van der Waals surface area contributed by atoms with Crippen molar-refractivity contribution in [2.75, 3.05) is 0 Å². The summed E-state index contributed by atoms with van der Waals surface area (Å²) >= 11 is 0. The number of aromatic amines is 1. The number of hydrogen-bond donors (Lipinski definition) is 1. The summed E-state index contributed by atoms with van der Waals surface area (Å²) in [7, 11) is 0. The van der Waals surface area contributed by atoms with Gasteiger partial charge in [-0.25, -0.2) is 9.55 Å². The molecule has 0 aliphatic heterocycles. The summed E-state index contributed by atoms with van der Waals surface area (Å²) in [6.45, 7) is 9.38. The number of nitrogens with zero attached hydrogens (tertiary/aromatic N) is 1. The van der Waals surface area contributed by atoms with E-state index in [2.05, 4.69) is 49.6 Å². The molecule has 1 rings (SSSR count). The summed E-state index contributed by atoms with van der Waals surface area (Å²) in [5.74, 6) is 2.24. The Hall–Kier alpha value is -0.790. The molecule has 0 aliphatic rings. The number of unbranched alkanes of at least 4 members (excludes halogenated alkanes) is 19. The highest BCUT2D eigenvalue weighted by molar-refractivity contribution is 4.90. The average molecular weight is 504 g/mol. The molecular weight excluding hydrogens is 436 g/mol. The topological polar surface area (TPSA) is 19.7 Å². The highest BCUT2D eigenvalue weighted by Gasteiger charge is 2.25. The maximum atomic E-state index is 3.71. The van der Waals surface area contributed by atoms with E-state index in [1.807, 2.05) is 0 Å². The van der Waals surface area contributed by atoms with Crippen LogP contribution in [0.15, 0.2) is 12.4 Å². The fourth-order valence-corrected chi connectivity index (χ4v) is 5.90. The van der Waals surface area contributed by atoms with Gasteiger partial charge in [-0.3, -0.25) is 0 Å². The van der Waals surface area contributed by atoms with Crippen molar-refractivity contribution in [3.63, 3.8) is 0 Å².